The Hall–Kier alpha value is -3.10. The van der Waals surface area contributed by atoms with Crippen LogP contribution < -0.4 is 10.2 Å². The number of fused-ring (bicyclic) bond motifs is 2. The molecular weight excluding hydrogens is 426 g/mol. The summed E-state index contributed by atoms with van der Waals surface area (Å²) >= 11 is 0. The topological polar surface area (TPSA) is 103 Å². The van der Waals surface area contributed by atoms with Crippen LogP contribution in [0, 0.1) is 0 Å². The molecule has 2 saturated carbocycles. The quantitative estimate of drug-likeness (QED) is 0.432. The zero-order valence-corrected chi connectivity index (χ0v) is 19.2. The number of anilines is 1. The predicted molar refractivity (Wildman–Crippen MR) is 132 cm³/mol. The molecule has 0 aromatic carbocycles. The average molecular weight is 456 g/mol. The fraction of sp³-hybridized carbons (Fsp3) is 0.462. The van der Waals surface area contributed by atoms with Crippen LogP contribution in [0.4, 0.5) is 5.82 Å². The van der Waals surface area contributed by atoms with Crippen LogP contribution in [0.1, 0.15) is 55.7 Å². The van der Waals surface area contributed by atoms with Gasteiger partial charge < -0.3 is 20.3 Å². The zero-order chi connectivity index (χ0) is 22.7. The minimum Gasteiger partial charge on any atom is -0.384 e. The van der Waals surface area contributed by atoms with E-state index in [0.717, 1.165) is 84.5 Å². The molecule has 3 N–H and O–H groups in total. The van der Waals surface area contributed by atoms with Crippen LogP contribution in [0.3, 0.4) is 0 Å². The number of hydrogen-bond acceptors (Lipinski definition) is 7. The predicted octanol–water partition coefficient (Wildman–Crippen LogP) is 3.62. The van der Waals surface area contributed by atoms with Crippen LogP contribution in [-0.2, 0) is 5.60 Å². The van der Waals surface area contributed by atoms with Crippen LogP contribution in [0.15, 0.2) is 30.7 Å². The Labute approximate surface area is 197 Å². The molecule has 4 aromatic heterocycles. The molecule has 1 aliphatic heterocycles. The van der Waals surface area contributed by atoms with Gasteiger partial charge in [-0.05, 0) is 55.7 Å². The number of rotatable bonds is 4. The first-order chi connectivity index (χ1) is 16.7. The smallest absolute Gasteiger partial charge is 0.163 e. The third-order valence-electron chi connectivity index (χ3n) is 8.03. The van der Waals surface area contributed by atoms with Crippen LogP contribution >= 0.6 is 0 Å². The van der Waals surface area contributed by atoms with Gasteiger partial charge in [0.05, 0.1) is 11.7 Å². The van der Waals surface area contributed by atoms with E-state index in [0.29, 0.717) is 11.7 Å². The highest BCUT2D eigenvalue weighted by atomic mass is 16.3. The summed E-state index contributed by atoms with van der Waals surface area (Å²) in [6.45, 7) is 3.74. The van der Waals surface area contributed by atoms with Crippen molar-refractivity contribution in [3.8, 4) is 11.4 Å². The minimum absolute atomic E-state index is 0.551. The number of piperazine rings is 1. The summed E-state index contributed by atoms with van der Waals surface area (Å²) in [6.07, 6.45) is 12.0. The fourth-order valence-electron chi connectivity index (χ4n) is 5.60. The van der Waals surface area contributed by atoms with Crippen molar-refractivity contribution in [1.29, 1.82) is 0 Å². The summed E-state index contributed by atoms with van der Waals surface area (Å²) in [5.41, 5.74) is 3.96. The molecule has 2 aliphatic carbocycles. The maximum Gasteiger partial charge on any atom is 0.163 e. The van der Waals surface area contributed by atoms with Gasteiger partial charge in [0, 0.05) is 60.6 Å². The lowest BCUT2D eigenvalue weighted by molar-refractivity contribution is -0.0420. The second-order valence-corrected chi connectivity index (χ2v) is 10.0. The lowest BCUT2D eigenvalue weighted by Crippen LogP contribution is -2.44. The number of nitrogens with zero attached hydrogens (tertiary/aromatic N) is 5. The molecule has 0 bridgehead atoms. The summed E-state index contributed by atoms with van der Waals surface area (Å²) in [7, 11) is 0. The Bertz CT molecular complexity index is 1380. The Morgan fingerprint density at radius 2 is 1.91 bits per heavy atom. The minimum atomic E-state index is -0.768. The van der Waals surface area contributed by atoms with E-state index >= 15 is 0 Å². The van der Waals surface area contributed by atoms with Gasteiger partial charge >= 0.3 is 0 Å². The Morgan fingerprint density at radius 1 is 1.06 bits per heavy atom. The van der Waals surface area contributed by atoms with Crippen molar-refractivity contribution in [2.24, 2.45) is 0 Å². The van der Waals surface area contributed by atoms with Gasteiger partial charge in [-0.1, -0.05) is 6.42 Å². The van der Waals surface area contributed by atoms with Crippen molar-refractivity contribution in [2.45, 2.75) is 50.0 Å². The second-order valence-electron chi connectivity index (χ2n) is 10.0. The Morgan fingerprint density at radius 3 is 2.65 bits per heavy atom. The molecule has 0 atom stereocenters. The number of pyridine rings is 2. The maximum absolute atomic E-state index is 10.9. The van der Waals surface area contributed by atoms with Crippen molar-refractivity contribution >= 4 is 27.8 Å². The maximum atomic E-state index is 10.9. The zero-order valence-electron chi connectivity index (χ0n) is 19.2. The van der Waals surface area contributed by atoms with Crippen molar-refractivity contribution in [3.63, 3.8) is 0 Å². The lowest BCUT2D eigenvalue weighted by atomic mass is 9.78. The monoisotopic (exact) mass is 455 g/mol. The van der Waals surface area contributed by atoms with E-state index in [9.17, 15) is 5.11 Å². The summed E-state index contributed by atoms with van der Waals surface area (Å²) in [5.74, 6) is 2.26. The Kier molecular flexibility index (Phi) is 4.60. The molecular formula is C26H29N7O. The van der Waals surface area contributed by atoms with E-state index in [1.54, 1.807) is 6.20 Å². The first kappa shape index (κ1) is 20.3. The van der Waals surface area contributed by atoms with Crippen LogP contribution in [0.5, 0.6) is 0 Å². The second kappa shape index (κ2) is 7.71. The SMILES string of the molecule is OC1(c2cc3c(-c4nc(N5CCNCC5)c5c(C6CCC6)cncc5n4)ccnc3[nH]2)CCC1. The average Bonchev–Trinajstić information content (AvgIpc) is 3.26. The first-order valence-electron chi connectivity index (χ1n) is 12.5. The largest absolute Gasteiger partial charge is 0.384 e. The Balaban J connectivity index is 1.43. The molecule has 4 aromatic rings. The van der Waals surface area contributed by atoms with E-state index in [1.165, 1.54) is 24.8 Å². The highest BCUT2D eigenvalue weighted by Gasteiger charge is 2.38. The van der Waals surface area contributed by atoms with Gasteiger partial charge in [0.25, 0.3) is 0 Å². The summed E-state index contributed by atoms with van der Waals surface area (Å²) in [6, 6.07) is 4.02. The molecule has 8 nitrogen and oxygen atoms in total. The number of aromatic nitrogens is 5. The molecule has 1 saturated heterocycles. The van der Waals surface area contributed by atoms with E-state index in [4.69, 9.17) is 9.97 Å². The van der Waals surface area contributed by atoms with Gasteiger partial charge in [-0.2, -0.15) is 0 Å². The molecule has 34 heavy (non-hydrogen) atoms. The number of aromatic amines is 1. The van der Waals surface area contributed by atoms with Gasteiger partial charge in [-0.25, -0.2) is 15.0 Å². The number of hydrogen-bond donors (Lipinski definition) is 3. The number of H-pyrrole nitrogens is 1. The number of nitrogens with one attached hydrogen (secondary N) is 2. The van der Waals surface area contributed by atoms with Gasteiger partial charge in [-0.3, -0.25) is 4.98 Å². The fourth-order valence-corrected chi connectivity index (χ4v) is 5.60. The molecule has 3 fully saturated rings. The van der Waals surface area contributed by atoms with E-state index < -0.39 is 5.60 Å². The summed E-state index contributed by atoms with van der Waals surface area (Å²) < 4.78 is 0. The normalized spacial score (nSPS) is 20.4. The van der Waals surface area contributed by atoms with Gasteiger partial charge in [0.2, 0.25) is 0 Å². The summed E-state index contributed by atoms with van der Waals surface area (Å²) in [4.78, 5) is 25.1. The van der Waals surface area contributed by atoms with Crippen LogP contribution in [0.2, 0.25) is 0 Å². The van der Waals surface area contributed by atoms with Gasteiger partial charge in [0.15, 0.2) is 5.82 Å². The first-order valence-corrected chi connectivity index (χ1v) is 12.5. The molecule has 0 amide bonds. The van der Waals surface area contributed by atoms with Crippen molar-refractivity contribution in [2.75, 3.05) is 31.1 Å². The molecule has 174 valence electrons. The highest BCUT2D eigenvalue weighted by molar-refractivity contribution is 5.97. The summed E-state index contributed by atoms with van der Waals surface area (Å²) in [5, 5.41) is 16.5. The molecule has 0 radical (unpaired) electrons. The standard InChI is InChI=1S/C26H29N7O/c34-26(6-2-7-26)21-13-18-17(5-8-29-23(18)31-21)24-30-20-15-28-14-19(16-3-1-4-16)22(20)25(32-24)33-11-9-27-10-12-33/h5,8,13-16,27,34H,1-4,6-7,9-12H2,(H,29,31). The molecule has 0 unspecified atom stereocenters. The molecule has 0 spiro atoms. The molecule has 8 heteroatoms. The number of aliphatic hydroxyl groups is 1. The van der Waals surface area contributed by atoms with E-state index in [1.807, 2.05) is 24.5 Å². The molecule has 5 heterocycles. The van der Waals surface area contributed by atoms with E-state index in [2.05, 4.69) is 25.2 Å². The van der Waals surface area contributed by atoms with E-state index in [-0.39, 0.29) is 0 Å². The van der Waals surface area contributed by atoms with Gasteiger partial charge in [-0.15, -0.1) is 0 Å². The van der Waals surface area contributed by atoms with Crippen molar-refractivity contribution in [3.05, 3.63) is 42.0 Å². The van der Waals surface area contributed by atoms with Crippen LogP contribution in [0.25, 0.3) is 33.3 Å². The highest BCUT2D eigenvalue weighted by Crippen LogP contribution is 2.44. The lowest BCUT2D eigenvalue weighted by Gasteiger charge is -2.35. The molecule has 3 aliphatic rings. The van der Waals surface area contributed by atoms with Crippen molar-refractivity contribution < 1.29 is 5.11 Å². The third-order valence-corrected chi connectivity index (χ3v) is 8.03. The van der Waals surface area contributed by atoms with Crippen molar-refractivity contribution in [1.82, 2.24) is 30.2 Å². The third kappa shape index (κ3) is 3.12. The van der Waals surface area contributed by atoms with Gasteiger partial charge in [0.1, 0.15) is 17.1 Å². The van der Waals surface area contributed by atoms with Crippen LogP contribution in [-0.4, -0.2) is 56.2 Å². The molecule has 7 rings (SSSR count).